The van der Waals surface area contributed by atoms with E-state index in [0.717, 1.165) is 38.9 Å². The van der Waals surface area contributed by atoms with Gasteiger partial charge in [-0.25, -0.2) is 4.39 Å². The molecule has 0 unspecified atom stereocenters. The highest BCUT2D eigenvalue weighted by atomic mass is 19.1. The zero-order valence-electron chi connectivity index (χ0n) is 16.7. The molecule has 2 heterocycles. The van der Waals surface area contributed by atoms with Gasteiger partial charge in [-0.3, -0.25) is 4.79 Å². The standard InChI is InChI=1S/C26H21FN2O/c1-2-29-25-10-6-4-8-22(25)23(26(29)30)15-19-17-28(24-9-5-3-7-21(19)24)16-18-11-13-20(27)14-12-18/h3-15,17H,2,16H2,1H3/b23-15+. The molecule has 0 spiro atoms. The summed E-state index contributed by atoms with van der Waals surface area (Å²) in [6, 6.07) is 22.7. The molecule has 3 aromatic carbocycles. The maximum absolute atomic E-state index is 13.3. The molecule has 0 fully saturated rings. The number of para-hydroxylation sites is 2. The Labute approximate surface area is 174 Å². The van der Waals surface area contributed by atoms with Crippen molar-refractivity contribution in [3.05, 3.63) is 102 Å². The number of rotatable bonds is 4. The summed E-state index contributed by atoms with van der Waals surface area (Å²) in [6.45, 7) is 3.27. The van der Waals surface area contributed by atoms with Gasteiger partial charge in [0.05, 0.1) is 5.69 Å². The second-order valence-electron chi connectivity index (χ2n) is 7.48. The van der Waals surface area contributed by atoms with E-state index in [4.69, 9.17) is 0 Å². The minimum Gasteiger partial charge on any atom is -0.342 e. The van der Waals surface area contributed by atoms with Crippen LogP contribution in [0.2, 0.25) is 0 Å². The van der Waals surface area contributed by atoms with Crippen LogP contribution in [0.5, 0.6) is 0 Å². The predicted octanol–water partition coefficient (Wildman–Crippen LogP) is 5.74. The van der Waals surface area contributed by atoms with Crippen LogP contribution in [0, 0.1) is 5.82 Å². The van der Waals surface area contributed by atoms with Crippen molar-refractivity contribution in [1.82, 2.24) is 4.57 Å². The summed E-state index contributed by atoms with van der Waals surface area (Å²) in [5, 5.41) is 1.09. The molecule has 4 heteroatoms. The first kappa shape index (κ1) is 18.4. The molecule has 30 heavy (non-hydrogen) atoms. The molecule has 3 nitrogen and oxygen atoms in total. The van der Waals surface area contributed by atoms with Crippen molar-refractivity contribution in [3.8, 4) is 0 Å². The smallest absolute Gasteiger partial charge is 0.258 e. The maximum Gasteiger partial charge on any atom is 0.258 e. The molecule has 1 aliphatic heterocycles. The number of anilines is 1. The van der Waals surface area contributed by atoms with Crippen LogP contribution >= 0.6 is 0 Å². The van der Waals surface area contributed by atoms with E-state index < -0.39 is 0 Å². The Balaban J connectivity index is 1.62. The van der Waals surface area contributed by atoms with Gasteiger partial charge >= 0.3 is 0 Å². The van der Waals surface area contributed by atoms with Crippen LogP contribution in [0.25, 0.3) is 22.6 Å². The minimum atomic E-state index is -0.236. The molecule has 148 valence electrons. The highest BCUT2D eigenvalue weighted by molar-refractivity contribution is 6.36. The van der Waals surface area contributed by atoms with Crippen LogP contribution in [-0.4, -0.2) is 17.0 Å². The number of halogens is 1. The van der Waals surface area contributed by atoms with E-state index in [0.29, 0.717) is 13.1 Å². The van der Waals surface area contributed by atoms with Crippen LogP contribution in [0.4, 0.5) is 10.1 Å². The number of hydrogen-bond acceptors (Lipinski definition) is 1. The quantitative estimate of drug-likeness (QED) is 0.404. The molecule has 0 aliphatic carbocycles. The largest absolute Gasteiger partial charge is 0.342 e. The van der Waals surface area contributed by atoms with Crippen LogP contribution in [0.3, 0.4) is 0 Å². The fourth-order valence-electron chi connectivity index (χ4n) is 4.22. The lowest BCUT2D eigenvalue weighted by Gasteiger charge is -2.13. The van der Waals surface area contributed by atoms with Gasteiger partial charge in [-0.15, -0.1) is 0 Å². The second-order valence-corrected chi connectivity index (χ2v) is 7.48. The summed E-state index contributed by atoms with van der Waals surface area (Å²) in [7, 11) is 0. The van der Waals surface area contributed by atoms with Crippen molar-refractivity contribution in [3.63, 3.8) is 0 Å². The predicted molar refractivity (Wildman–Crippen MR) is 120 cm³/mol. The van der Waals surface area contributed by atoms with Crippen molar-refractivity contribution >= 4 is 34.1 Å². The number of carbonyl (C=O) groups excluding carboxylic acids is 1. The number of benzene rings is 3. The second kappa shape index (κ2) is 7.30. The number of carbonyl (C=O) groups is 1. The van der Waals surface area contributed by atoms with Crippen LogP contribution in [-0.2, 0) is 11.3 Å². The first-order chi connectivity index (χ1) is 14.7. The fourth-order valence-corrected chi connectivity index (χ4v) is 4.22. The number of nitrogens with zero attached hydrogens (tertiary/aromatic N) is 2. The lowest BCUT2D eigenvalue weighted by Crippen LogP contribution is -2.25. The highest BCUT2D eigenvalue weighted by Crippen LogP contribution is 2.38. The normalized spacial score (nSPS) is 14.7. The number of amides is 1. The molecular formula is C26H21FN2O. The first-order valence-electron chi connectivity index (χ1n) is 10.1. The third-order valence-corrected chi connectivity index (χ3v) is 5.66. The van der Waals surface area contributed by atoms with Crippen LogP contribution < -0.4 is 4.90 Å². The van der Waals surface area contributed by atoms with E-state index in [2.05, 4.69) is 22.9 Å². The molecular weight excluding hydrogens is 375 g/mol. The minimum absolute atomic E-state index is 0.0362. The van der Waals surface area contributed by atoms with Gasteiger partial charge in [0, 0.05) is 46.9 Å². The van der Waals surface area contributed by atoms with E-state index >= 15 is 0 Å². The molecule has 5 rings (SSSR count). The van der Waals surface area contributed by atoms with Crippen LogP contribution in [0.1, 0.15) is 23.6 Å². The van der Waals surface area contributed by atoms with E-state index in [-0.39, 0.29) is 11.7 Å². The third-order valence-electron chi connectivity index (χ3n) is 5.66. The van der Waals surface area contributed by atoms with Gasteiger partial charge in [0.15, 0.2) is 0 Å². The summed E-state index contributed by atoms with van der Waals surface area (Å²) in [4.78, 5) is 14.9. The third kappa shape index (κ3) is 3.01. The molecule has 0 bridgehead atoms. The Morgan fingerprint density at radius 2 is 1.67 bits per heavy atom. The Morgan fingerprint density at radius 1 is 0.933 bits per heavy atom. The Morgan fingerprint density at radius 3 is 2.47 bits per heavy atom. The van der Waals surface area contributed by atoms with Gasteiger partial charge in [-0.05, 0) is 42.8 Å². The zero-order chi connectivity index (χ0) is 20.7. The Kier molecular flexibility index (Phi) is 4.47. The number of fused-ring (bicyclic) bond motifs is 2. The van der Waals surface area contributed by atoms with E-state index in [9.17, 15) is 9.18 Å². The average molecular weight is 396 g/mol. The van der Waals surface area contributed by atoms with Gasteiger partial charge in [0.2, 0.25) is 0 Å². The zero-order valence-corrected chi connectivity index (χ0v) is 16.7. The average Bonchev–Trinajstić information content (AvgIpc) is 3.25. The summed E-state index contributed by atoms with van der Waals surface area (Å²) in [5.74, 6) is -0.200. The molecule has 4 aromatic rings. The van der Waals surface area contributed by atoms with E-state index in [1.807, 2.05) is 54.3 Å². The van der Waals surface area contributed by atoms with Gasteiger partial charge in [0.25, 0.3) is 5.91 Å². The lowest BCUT2D eigenvalue weighted by atomic mass is 10.0. The number of aromatic nitrogens is 1. The lowest BCUT2D eigenvalue weighted by molar-refractivity contribution is -0.112. The maximum atomic E-state index is 13.3. The fraction of sp³-hybridized carbons (Fsp3) is 0.115. The summed E-state index contributed by atoms with van der Waals surface area (Å²) in [6.07, 6.45) is 4.08. The first-order valence-corrected chi connectivity index (χ1v) is 10.1. The van der Waals surface area contributed by atoms with E-state index in [1.54, 1.807) is 12.1 Å². The van der Waals surface area contributed by atoms with E-state index in [1.165, 1.54) is 12.1 Å². The van der Waals surface area contributed by atoms with Gasteiger partial charge in [0.1, 0.15) is 5.82 Å². The molecule has 0 saturated carbocycles. The van der Waals surface area contributed by atoms with Gasteiger partial charge < -0.3 is 9.47 Å². The SMILES string of the molecule is CCN1C(=O)/C(=C/c2cn(Cc3ccc(F)cc3)c3ccccc23)c2ccccc21. The highest BCUT2D eigenvalue weighted by Gasteiger charge is 2.31. The molecule has 0 N–H and O–H groups in total. The van der Waals surface area contributed by atoms with Crippen LogP contribution in [0.15, 0.2) is 79.0 Å². The molecule has 0 atom stereocenters. The number of hydrogen-bond donors (Lipinski definition) is 0. The van der Waals surface area contributed by atoms with Crippen molar-refractivity contribution in [2.75, 3.05) is 11.4 Å². The molecule has 1 aliphatic rings. The van der Waals surface area contributed by atoms with Crippen molar-refractivity contribution in [2.24, 2.45) is 0 Å². The summed E-state index contributed by atoms with van der Waals surface area (Å²) in [5.41, 5.74) is 5.77. The molecule has 0 radical (unpaired) electrons. The van der Waals surface area contributed by atoms with Crippen molar-refractivity contribution in [2.45, 2.75) is 13.5 Å². The molecule has 1 amide bonds. The topological polar surface area (TPSA) is 25.2 Å². The monoisotopic (exact) mass is 396 g/mol. The Hall–Kier alpha value is -3.66. The summed E-state index contributed by atoms with van der Waals surface area (Å²) >= 11 is 0. The molecule has 1 aromatic heterocycles. The van der Waals surface area contributed by atoms with Crippen molar-refractivity contribution in [1.29, 1.82) is 0 Å². The van der Waals surface area contributed by atoms with Gasteiger partial charge in [-0.2, -0.15) is 0 Å². The molecule has 0 saturated heterocycles. The van der Waals surface area contributed by atoms with Gasteiger partial charge in [-0.1, -0.05) is 48.5 Å². The van der Waals surface area contributed by atoms with Crippen molar-refractivity contribution < 1.29 is 9.18 Å². The number of likely N-dealkylation sites (N-methyl/N-ethyl adjacent to an activating group) is 1. The Bertz CT molecular complexity index is 1280. The summed E-state index contributed by atoms with van der Waals surface area (Å²) < 4.78 is 15.4.